The van der Waals surface area contributed by atoms with Crippen molar-refractivity contribution in [1.29, 1.82) is 0 Å². The van der Waals surface area contributed by atoms with E-state index < -0.39 is 0 Å². The van der Waals surface area contributed by atoms with Crippen LogP contribution in [0, 0.1) is 0 Å². The molecule has 1 amide bonds. The predicted octanol–water partition coefficient (Wildman–Crippen LogP) is 1.58. The number of hydrogen-bond acceptors (Lipinski definition) is 3. The van der Waals surface area contributed by atoms with Crippen LogP contribution in [0.1, 0.15) is 25.6 Å². The van der Waals surface area contributed by atoms with E-state index in [0.717, 1.165) is 22.5 Å². The summed E-state index contributed by atoms with van der Waals surface area (Å²) in [6, 6.07) is 5.73. The number of fused-ring (bicyclic) bond motifs is 1. The maximum Gasteiger partial charge on any atom is 0.236 e. The monoisotopic (exact) mass is 232 g/mol. The molecule has 0 radical (unpaired) electrons. The molecule has 0 saturated carbocycles. The highest BCUT2D eigenvalue weighted by Gasteiger charge is 2.06. The van der Waals surface area contributed by atoms with E-state index in [1.165, 1.54) is 0 Å². The van der Waals surface area contributed by atoms with Crippen LogP contribution in [0.3, 0.4) is 0 Å². The van der Waals surface area contributed by atoms with Crippen LogP contribution >= 0.6 is 0 Å². The Morgan fingerprint density at radius 2 is 2.29 bits per heavy atom. The van der Waals surface area contributed by atoms with Gasteiger partial charge in [0.15, 0.2) is 0 Å². The van der Waals surface area contributed by atoms with Crippen molar-refractivity contribution in [3.05, 3.63) is 24.0 Å². The quantitative estimate of drug-likeness (QED) is 0.748. The lowest BCUT2D eigenvalue weighted by atomic mass is 10.2. The molecule has 0 fully saturated rings. The molecule has 1 aromatic heterocycles. The van der Waals surface area contributed by atoms with Crippen molar-refractivity contribution in [2.24, 2.45) is 5.73 Å². The fourth-order valence-electron chi connectivity index (χ4n) is 1.60. The van der Waals surface area contributed by atoms with Gasteiger partial charge in [-0.15, -0.1) is 0 Å². The predicted molar refractivity (Wildman–Crippen MR) is 67.9 cm³/mol. The number of aromatic nitrogens is 2. The van der Waals surface area contributed by atoms with E-state index in [1.54, 1.807) is 0 Å². The Morgan fingerprint density at radius 1 is 1.53 bits per heavy atom. The van der Waals surface area contributed by atoms with E-state index in [-0.39, 0.29) is 12.5 Å². The Labute approximate surface area is 99.4 Å². The number of nitrogens with zero attached hydrogens (tertiary/aromatic N) is 1. The van der Waals surface area contributed by atoms with Gasteiger partial charge in [-0.3, -0.25) is 4.79 Å². The van der Waals surface area contributed by atoms with Crippen molar-refractivity contribution in [3.8, 4) is 0 Å². The summed E-state index contributed by atoms with van der Waals surface area (Å²) in [5, 5.41) is 2.95. The van der Waals surface area contributed by atoms with E-state index >= 15 is 0 Å². The third-order valence-electron chi connectivity index (χ3n) is 2.51. The minimum atomic E-state index is -0.377. The normalized spacial score (nSPS) is 11.0. The molecule has 0 spiro atoms. The smallest absolute Gasteiger partial charge is 0.236 e. The zero-order chi connectivity index (χ0) is 12.4. The minimum absolute atomic E-state index is 0.136. The van der Waals surface area contributed by atoms with Gasteiger partial charge >= 0.3 is 0 Å². The SMILES string of the molecule is CC(C)c1nc2ccc(NCC(N)=O)cc2[nH]1. The number of anilines is 1. The highest BCUT2D eigenvalue weighted by atomic mass is 16.1. The Morgan fingerprint density at radius 3 is 2.94 bits per heavy atom. The number of benzene rings is 1. The molecule has 2 rings (SSSR count). The van der Waals surface area contributed by atoms with E-state index in [0.29, 0.717) is 5.92 Å². The number of aromatic amines is 1. The molecule has 17 heavy (non-hydrogen) atoms. The molecule has 0 saturated heterocycles. The zero-order valence-electron chi connectivity index (χ0n) is 9.95. The molecule has 1 aromatic carbocycles. The van der Waals surface area contributed by atoms with E-state index in [9.17, 15) is 4.79 Å². The van der Waals surface area contributed by atoms with Crippen molar-refractivity contribution in [2.45, 2.75) is 19.8 Å². The molecule has 0 atom stereocenters. The summed E-state index contributed by atoms with van der Waals surface area (Å²) in [5.41, 5.74) is 7.82. The standard InChI is InChI=1S/C12H16N4O/c1-7(2)12-15-9-4-3-8(5-10(9)16-12)14-6-11(13)17/h3-5,7,14H,6H2,1-2H3,(H2,13,17)(H,15,16). The van der Waals surface area contributed by atoms with Crippen LogP contribution < -0.4 is 11.1 Å². The summed E-state index contributed by atoms with van der Waals surface area (Å²) < 4.78 is 0. The molecular formula is C12H16N4O. The number of rotatable bonds is 4. The molecule has 90 valence electrons. The van der Waals surface area contributed by atoms with Gasteiger partial charge in [0.2, 0.25) is 5.91 Å². The van der Waals surface area contributed by atoms with Gasteiger partial charge in [0.25, 0.3) is 0 Å². The van der Waals surface area contributed by atoms with Crippen LogP contribution in [0.15, 0.2) is 18.2 Å². The first-order chi connectivity index (χ1) is 8.06. The molecule has 5 nitrogen and oxygen atoms in total. The van der Waals surface area contributed by atoms with Gasteiger partial charge < -0.3 is 16.0 Å². The highest BCUT2D eigenvalue weighted by Crippen LogP contribution is 2.20. The van der Waals surface area contributed by atoms with Gasteiger partial charge in [-0.25, -0.2) is 4.98 Å². The maximum absolute atomic E-state index is 10.7. The average molecular weight is 232 g/mol. The number of imidazole rings is 1. The summed E-state index contributed by atoms with van der Waals surface area (Å²) in [4.78, 5) is 18.4. The highest BCUT2D eigenvalue weighted by molar-refractivity contribution is 5.82. The fourth-order valence-corrected chi connectivity index (χ4v) is 1.60. The molecule has 4 N–H and O–H groups in total. The minimum Gasteiger partial charge on any atom is -0.376 e. The van der Waals surface area contributed by atoms with Crippen LogP contribution in [-0.4, -0.2) is 22.4 Å². The topological polar surface area (TPSA) is 83.8 Å². The van der Waals surface area contributed by atoms with Gasteiger partial charge in [0, 0.05) is 11.6 Å². The molecule has 1 heterocycles. The van der Waals surface area contributed by atoms with Gasteiger partial charge in [-0.2, -0.15) is 0 Å². The zero-order valence-corrected chi connectivity index (χ0v) is 9.95. The number of primary amides is 1. The fraction of sp³-hybridized carbons (Fsp3) is 0.333. The van der Waals surface area contributed by atoms with E-state index in [1.807, 2.05) is 18.2 Å². The number of H-pyrrole nitrogens is 1. The van der Waals surface area contributed by atoms with E-state index in [2.05, 4.69) is 29.1 Å². The number of hydrogen-bond donors (Lipinski definition) is 3. The lowest BCUT2D eigenvalue weighted by Gasteiger charge is -2.02. The number of carbonyl (C=O) groups is 1. The second-order valence-corrected chi connectivity index (χ2v) is 4.33. The van der Waals surface area contributed by atoms with Crippen molar-refractivity contribution in [1.82, 2.24) is 9.97 Å². The molecular weight excluding hydrogens is 216 g/mol. The maximum atomic E-state index is 10.7. The Balaban J connectivity index is 2.27. The van der Waals surface area contributed by atoms with Crippen LogP contribution in [0.25, 0.3) is 11.0 Å². The second-order valence-electron chi connectivity index (χ2n) is 4.33. The Kier molecular flexibility index (Phi) is 2.99. The molecule has 2 aromatic rings. The van der Waals surface area contributed by atoms with E-state index in [4.69, 9.17) is 5.73 Å². The third-order valence-corrected chi connectivity index (χ3v) is 2.51. The van der Waals surface area contributed by atoms with Gasteiger partial charge in [0.1, 0.15) is 5.82 Å². The second kappa shape index (κ2) is 4.45. The summed E-state index contributed by atoms with van der Waals surface area (Å²) in [5.74, 6) is 0.953. The van der Waals surface area contributed by atoms with Crippen LogP contribution in [0.5, 0.6) is 0 Å². The van der Waals surface area contributed by atoms with Gasteiger partial charge in [0.05, 0.1) is 17.6 Å². The molecule has 0 aliphatic heterocycles. The molecule has 0 aliphatic rings. The molecule has 0 bridgehead atoms. The van der Waals surface area contributed by atoms with Crippen LogP contribution in [0.4, 0.5) is 5.69 Å². The summed E-state index contributed by atoms with van der Waals surface area (Å²) in [6.45, 7) is 4.31. The summed E-state index contributed by atoms with van der Waals surface area (Å²) in [7, 11) is 0. The Bertz CT molecular complexity index is 544. The summed E-state index contributed by atoms with van der Waals surface area (Å²) in [6.07, 6.45) is 0. The first kappa shape index (κ1) is 11.4. The average Bonchev–Trinajstić information content (AvgIpc) is 2.69. The number of amides is 1. The molecule has 5 heteroatoms. The lowest BCUT2D eigenvalue weighted by Crippen LogP contribution is -2.21. The molecule has 0 aliphatic carbocycles. The van der Waals surface area contributed by atoms with Crippen LogP contribution in [0.2, 0.25) is 0 Å². The number of carbonyl (C=O) groups excluding carboxylic acids is 1. The van der Waals surface area contributed by atoms with Crippen LogP contribution in [-0.2, 0) is 4.79 Å². The number of nitrogens with one attached hydrogen (secondary N) is 2. The summed E-state index contributed by atoms with van der Waals surface area (Å²) >= 11 is 0. The first-order valence-corrected chi connectivity index (χ1v) is 5.58. The van der Waals surface area contributed by atoms with Crippen molar-refractivity contribution >= 4 is 22.6 Å². The first-order valence-electron chi connectivity index (χ1n) is 5.58. The largest absolute Gasteiger partial charge is 0.376 e. The van der Waals surface area contributed by atoms with Crippen molar-refractivity contribution in [3.63, 3.8) is 0 Å². The molecule has 0 unspecified atom stereocenters. The van der Waals surface area contributed by atoms with Gasteiger partial charge in [-0.05, 0) is 18.2 Å². The van der Waals surface area contributed by atoms with Gasteiger partial charge in [-0.1, -0.05) is 13.8 Å². The number of nitrogens with two attached hydrogens (primary N) is 1. The van der Waals surface area contributed by atoms with Crippen molar-refractivity contribution in [2.75, 3.05) is 11.9 Å². The lowest BCUT2D eigenvalue weighted by molar-refractivity contribution is -0.116. The Hall–Kier alpha value is -2.04. The third kappa shape index (κ3) is 2.55. The van der Waals surface area contributed by atoms with Crippen molar-refractivity contribution < 1.29 is 4.79 Å².